The van der Waals surface area contributed by atoms with Crippen molar-refractivity contribution in [3.63, 3.8) is 0 Å². The highest BCUT2D eigenvalue weighted by molar-refractivity contribution is 7.20. The first-order valence-corrected chi connectivity index (χ1v) is 10.2. The molecule has 27 heavy (non-hydrogen) atoms. The van der Waals surface area contributed by atoms with Gasteiger partial charge < -0.3 is 21.1 Å². The van der Waals surface area contributed by atoms with Crippen molar-refractivity contribution in [2.45, 2.75) is 27.2 Å². The molecule has 0 spiro atoms. The molecule has 0 saturated heterocycles. The normalized spacial score (nSPS) is 10.6. The number of benzene rings is 1. The van der Waals surface area contributed by atoms with Crippen LogP contribution in [-0.2, 0) is 4.79 Å². The maximum Gasteiger partial charge on any atom is 0.225 e. The zero-order valence-corrected chi connectivity index (χ0v) is 17.0. The molecule has 0 bridgehead atoms. The molecule has 0 fully saturated rings. The molecule has 1 amide bonds. The van der Waals surface area contributed by atoms with Gasteiger partial charge in [0.15, 0.2) is 10.3 Å². The quantitative estimate of drug-likeness (QED) is 0.496. The van der Waals surface area contributed by atoms with Crippen LogP contribution in [0.2, 0.25) is 0 Å². The Morgan fingerprint density at radius 2 is 2.07 bits per heavy atom. The van der Waals surface area contributed by atoms with Gasteiger partial charge in [0.2, 0.25) is 5.91 Å². The summed E-state index contributed by atoms with van der Waals surface area (Å²) in [5, 5.41) is 9.34. The second kappa shape index (κ2) is 8.36. The van der Waals surface area contributed by atoms with Crippen molar-refractivity contribution >= 4 is 50.2 Å². The van der Waals surface area contributed by atoms with E-state index in [4.69, 9.17) is 10.5 Å². The molecule has 0 atom stereocenters. The van der Waals surface area contributed by atoms with Gasteiger partial charge in [0.05, 0.1) is 28.6 Å². The van der Waals surface area contributed by atoms with Gasteiger partial charge in [-0.2, -0.15) is 0 Å². The molecular formula is C18H21N5O2S2. The highest BCUT2D eigenvalue weighted by atomic mass is 32.1. The lowest BCUT2D eigenvalue weighted by Crippen LogP contribution is -2.08. The fourth-order valence-corrected chi connectivity index (χ4v) is 4.10. The molecule has 1 aromatic carbocycles. The standard InChI is InChI=1S/C18H21N5O2S2/c1-4-15(24)23-18-20-10(3)16(27-18)13-9-26-17(22-13)21-12-8-11(19)6-7-14(12)25-5-2/h6-9H,4-5,19H2,1-3H3,(H,21,22)(H,20,23,24). The van der Waals surface area contributed by atoms with Crippen LogP contribution in [0.15, 0.2) is 23.6 Å². The Balaban J connectivity index is 1.82. The molecule has 0 unspecified atom stereocenters. The van der Waals surface area contributed by atoms with E-state index in [0.29, 0.717) is 23.8 Å². The number of anilines is 4. The number of nitrogens with one attached hydrogen (secondary N) is 2. The SMILES string of the molecule is CCOc1ccc(N)cc1Nc1nc(-c2sc(NC(=O)CC)nc2C)cs1. The summed E-state index contributed by atoms with van der Waals surface area (Å²) in [4.78, 5) is 21.6. The molecule has 3 aromatic rings. The minimum atomic E-state index is -0.0546. The van der Waals surface area contributed by atoms with Crippen LogP contribution in [-0.4, -0.2) is 22.5 Å². The third-order valence-electron chi connectivity index (χ3n) is 3.65. The number of nitrogens with two attached hydrogens (primary N) is 1. The molecule has 9 heteroatoms. The van der Waals surface area contributed by atoms with Crippen LogP contribution in [0.3, 0.4) is 0 Å². The number of carbonyl (C=O) groups is 1. The molecule has 7 nitrogen and oxygen atoms in total. The molecular weight excluding hydrogens is 382 g/mol. The van der Waals surface area contributed by atoms with E-state index in [9.17, 15) is 4.79 Å². The number of ether oxygens (including phenoxy) is 1. The zero-order valence-electron chi connectivity index (χ0n) is 15.3. The van der Waals surface area contributed by atoms with Crippen LogP contribution in [0, 0.1) is 6.92 Å². The lowest BCUT2D eigenvalue weighted by molar-refractivity contribution is -0.115. The van der Waals surface area contributed by atoms with Crippen molar-refractivity contribution in [3.05, 3.63) is 29.3 Å². The van der Waals surface area contributed by atoms with Gasteiger partial charge in [0.1, 0.15) is 5.75 Å². The average Bonchev–Trinajstić information content (AvgIpc) is 3.23. The molecule has 0 saturated carbocycles. The van der Waals surface area contributed by atoms with Crippen LogP contribution in [0.25, 0.3) is 10.6 Å². The van der Waals surface area contributed by atoms with E-state index >= 15 is 0 Å². The highest BCUT2D eigenvalue weighted by Crippen LogP contribution is 2.36. The Bertz CT molecular complexity index is 951. The zero-order chi connectivity index (χ0) is 19.4. The molecule has 4 N–H and O–H groups in total. The van der Waals surface area contributed by atoms with Gasteiger partial charge in [0.25, 0.3) is 0 Å². The summed E-state index contributed by atoms with van der Waals surface area (Å²) in [6, 6.07) is 5.46. The highest BCUT2D eigenvalue weighted by Gasteiger charge is 2.15. The van der Waals surface area contributed by atoms with E-state index in [-0.39, 0.29) is 5.91 Å². The fourth-order valence-electron chi connectivity index (χ4n) is 2.37. The predicted molar refractivity (Wildman–Crippen MR) is 112 cm³/mol. The molecule has 0 aliphatic rings. The summed E-state index contributed by atoms with van der Waals surface area (Å²) in [5.74, 6) is 0.669. The average molecular weight is 404 g/mol. The van der Waals surface area contributed by atoms with Crippen LogP contribution in [0.5, 0.6) is 5.75 Å². The molecule has 0 aliphatic carbocycles. The minimum absolute atomic E-state index is 0.0546. The maximum atomic E-state index is 11.6. The van der Waals surface area contributed by atoms with Crippen LogP contribution in [0.1, 0.15) is 26.0 Å². The van der Waals surface area contributed by atoms with Gasteiger partial charge in [-0.15, -0.1) is 11.3 Å². The third-order valence-corrected chi connectivity index (χ3v) is 5.50. The molecule has 0 radical (unpaired) electrons. The molecule has 142 valence electrons. The van der Waals surface area contributed by atoms with E-state index in [0.717, 1.165) is 32.8 Å². The summed E-state index contributed by atoms with van der Waals surface area (Å²) in [7, 11) is 0. The Morgan fingerprint density at radius 1 is 1.26 bits per heavy atom. The van der Waals surface area contributed by atoms with Crippen LogP contribution >= 0.6 is 22.7 Å². The van der Waals surface area contributed by atoms with Crippen molar-refractivity contribution in [2.75, 3.05) is 23.0 Å². The van der Waals surface area contributed by atoms with Crippen molar-refractivity contribution in [3.8, 4) is 16.3 Å². The number of nitrogen functional groups attached to an aromatic ring is 1. The molecule has 3 rings (SSSR count). The molecule has 0 aliphatic heterocycles. The lowest BCUT2D eigenvalue weighted by Gasteiger charge is -2.11. The summed E-state index contributed by atoms with van der Waals surface area (Å²) in [6.07, 6.45) is 0.418. The maximum absolute atomic E-state index is 11.6. The van der Waals surface area contributed by atoms with Gasteiger partial charge >= 0.3 is 0 Å². The Kier molecular flexibility index (Phi) is 5.92. The number of hydrogen-bond donors (Lipinski definition) is 3. The van der Waals surface area contributed by atoms with Gasteiger partial charge in [-0.25, -0.2) is 9.97 Å². The predicted octanol–water partition coefficient (Wildman–Crippen LogP) is 4.65. The topological polar surface area (TPSA) is 102 Å². The first-order valence-electron chi connectivity index (χ1n) is 8.52. The van der Waals surface area contributed by atoms with E-state index in [1.807, 2.05) is 38.3 Å². The first kappa shape index (κ1) is 19.1. The van der Waals surface area contributed by atoms with E-state index < -0.39 is 0 Å². The van der Waals surface area contributed by atoms with Crippen molar-refractivity contribution in [1.29, 1.82) is 0 Å². The lowest BCUT2D eigenvalue weighted by atomic mass is 10.2. The van der Waals surface area contributed by atoms with E-state index in [2.05, 4.69) is 20.6 Å². The summed E-state index contributed by atoms with van der Waals surface area (Å²) in [5.41, 5.74) is 8.96. The Morgan fingerprint density at radius 3 is 2.81 bits per heavy atom. The summed E-state index contributed by atoms with van der Waals surface area (Å²) in [6.45, 7) is 6.21. The van der Waals surface area contributed by atoms with Gasteiger partial charge in [-0.3, -0.25) is 4.79 Å². The number of nitrogens with zero attached hydrogens (tertiary/aromatic N) is 2. The van der Waals surface area contributed by atoms with Crippen molar-refractivity contribution in [2.24, 2.45) is 0 Å². The van der Waals surface area contributed by atoms with Gasteiger partial charge in [-0.05, 0) is 32.0 Å². The summed E-state index contributed by atoms with van der Waals surface area (Å²) < 4.78 is 5.64. The largest absolute Gasteiger partial charge is 0.492 e. The van der Waals surface area contributed by atoms with Crippen molar-refractivity contribution < 1.29 is 9.53 Å². The van der Waals surface area contributed by atoms with E-state index in [1.54, 1.807) is 6.07 Å². The number of carbonyl (C=O) groups excluding carboxylic acids is 1. The van der Waals surface area contributed by atoms with Crippen LogP contribution < -0.4 is 21.1 Å². The number of amides is 1. The van der Waals surface area contributed by atoms with Crippen molar-refractivity contribution in [1.82, 2.24) is 9.97 Å². The number of aryl methyl sites for hydroxylation is 1. The number of aromatic nitrogens is 2. The van der Waals surface area contributed by atoms with Crippen LogP contribution in [0.4, 0.5) is 21.6 Å². The molecule has 2 heterocycles. The minimum Gasteiger partial charge on any atom is -0.492 e. The summed E-state index contributed by atoms with van der Waals surface area (Å²) >= 11 is 2.90. The monoisotopic (exact) mass is 403 g/mol. The second-order valence-electron chi connectivity index (χ2n) is 5.69. The number of thiazole rings is 2. The third kappa shape index (κ3) is 4.55. The second-order valence-corrected chi connectivity index (χ2v) is 7.54. The fraction of sp³-hybridized carbons (Fsp3) is 0.278. The molecule has 2 aromatic heterocycles. The Labute approximate surface area is 165 Å². The number of hydrogen-bond acceptors (Lipinski definition) is 8. The van der Waals surface area contributed by atoms with E-state index in [1.165, 1.54) is 22.7 Å². The van der Waals surface area contributed by atoms with Gasteiger partial charge in [0, 0.05) is 17.5 Å². The smallest absolute Gasteiger partial charge is 0.225 e. The van der Waals surface area contributed by atoms with Gasteiger partial charge in [-0.1, -0.05) is 18.3 Å². The first-order chi connectivity index (χ1) is 13.0. The number of rotatable bonds is 7. The Hall–Kier alpha value is -2.65.